The number of fused-ring (bicyclic) bond motifs is 1. The second-order valence-corrected chi connectivity index (χ2v) is 3.75. The van der Waals surface area contributed by atoms with Gasteiger partial charge in [-0.2, -0.15) is 8.78 Å². The molecule has 1 aromatic rings. The maximum absolute atomic E-state index is 12.3. The minimum atomic E-state index is -3.05. The predicted octanol–water partition coefficient (Wildman–Crippen LogP) is 1.80. The molecule has 0 radical (unpaired) electrons. The van der Waals surface area contributed by atoms with Crippen molar-refractivity contribution in [3.05, 3.63) is 17.7 Å². The first kappa shape index (κ1) is 14.0. The Balaban J connectivity index is 2.45. The zero-order chi connectivity index (χ0) is 14.7. The number of alkyl halides is 2. The molecule has 0 fully saturated rings. The largest absolute Gasteiger partial charge is 0.478 e. The number of anilines is 1. The van der Waals surface area contributed by atoms with Gasteiger partial charge in [0, 0.05) is 0 Å². The van der Waals surface area contributed by atoms with E-state index in [9.17, 15) is 18.4 Å². The highest BCUT2D eigenvalue weighted by Gasteiger charge is 2.27. The Hall–Kier alpha value is -2.38. The summed E-state index contributed by atoms with van der Waals surface area (Å²) in [6.45, 7) is -1.64. The van der Waals surface area contributed by atoms with Crippen molar-refractivity contribution in [2.24, 2.45) is 0 Å². The average molecular weight is 287 g/mol. The van der Waals surface area contributed by atoms with Gasteiger partial charge < -0.3 is 19.5 Å². The van der Waals surface area contributed by atoms with Crippen LogP contribution in [0.4, 0.5) is 14.5 Å². The van der Waals surface area contributed by atoms with Crippen molar-refractivity contribution in [1.82, 2.24) is 0 Å². The van der Waals surface area contributed by atoms with Crippen LogP contribution in [0.1, 0.15) is 17.3 Å². The molecule has 0 saturated carbocycles. The minimum Gasteiger partial charge on any atom is -0.478 e. The smallest absolute Gasteiger partial charge is 0.387 e. The second-order valence-electron chi connectivity index (χ2n) is 3.75. The van der Waals surface area contributed by atoms with Crippen molar-refractivity contribution in [1.29, 1.82) is 0 Å². The predicted molar refractivity (Wildman–Crippen MR) is 63.2 cm³/mol. The third-order valence-corrected chi connectivity index (χ3v) is 2.44. The Bertz CT molecular complexity index is 547. The van der Waals surface area contributed by atoms with E-state index in [0.717, 1.165) is 6.07 Å². The van der Waals surface area contributed by atoms with Crippen molar-refractivity contribution in [2.45, 2.75) is 13.5 Å². The van der Waals surface area contributed by atoms with E-state index >= 15 is 0 Å². The zero-order valence-electron chi connectivity index (χ0n) is 10.4. The van der Waals surface area contributed by atoms with Crippen LogP contribution in [0, 0.1) is 0 Å². The molecule has 108 valence electrons. The Morgan fingerprint density at radius 2 is 2.25 bits per heavy atom. The highest BCUT2D eigenvalue weighted by atomic mass is 19.3. The van der Waals surface area contributed by atoms with E-state index in [2.05, 4.69) is 10.1 Å². The highest BCUT2D eigenvalue weighted by molar-refractivity contribution is 6.05. The molecule has 8 heteroatoms. The van der Waals surface area contributed by atoms with E-state index in [4.69, 9.17) is 9.47 Å². The molecule has 0 saturated heterocycles. The van der Waals surface area contributed by atoms with Gasteiger partial charge in [-0.05, 0) is 19.1 Å². The number of carbonyl (C=O) groups excluding carboxylic acids is 2. The Labute approximate surface area is 112 Å². The van der Waals surface area contributed by atoms with Crippen LogP contribution in [0.5, 0.6) is 11.5 Å². The molecular formula is C12H11F2NO5. The van der Waals surface area contributed by atoms with Crippen molar-refractivity contribution in [3.63, 3.8) is 0 Å². The Morgan fingerprint density at radius 3 is 2.90 bits per heavy atom. The first-order valence-corrected chi connectivity index (χ1v) is 5.74. The lowest BCUT2D eigenvalue weighted by atomic mass is 10.1. The number of carbonyl (C=O) groups is 2. The number of hydrogen-bond donors (Lipinski definition) is 1. The van der Waals surface area contributed by atoms with Crippen LogP contribution in [0.25, 0.3) is 0 Å². The SMILES string of the molecule is CCOC(=O)c1ccc(OC(F)F)c2c1NC(=O)CO2. The lowest BCUT2D eigenvalue weighted by Gasteiger charge is -2.22. The fraction of sp³-hybridized carbons (Fsp3) is 0.333. The van der Waals surface area contributed by atoms with Crippen LogP contribution in [0.15, 0.2) is 12.1 Å². The van der Waals surface area contributed by atoms with E-state index in [0.29, 0.717) is 0 Å². The van der Waals surface area contributed by atoms with Crippen molar-refractivity contribution < 1.29 is 32.6 Å². The van der Waals surface area contributed by atoms with E-state index in [1.54, 1.807) is 6.92 Å². The summed E-state index contributed by atoms with van der Waals surface area (Å²) in [6, 6.07) is 2.39. The van der Waals surface area contributed by atoms with Gasteiger partial charge in [-0.25, -0.2) is 4.79 Å². The summed E-state index contributed by atoms with van der Waals surface area (Å²) in [4.78, 5) is 23.1. The molecule has 20 heavy (non-hydrogen) atoms. The quantitative estimate of drug-likeness (QED) is 0.855. The lowest BCUT2D eigenvalue weighted by Crippen LogP contribution is -2.27. The summed E-state index contributed by atoms with van der Waals surface area (Å²) in [6.07, 6.45) is 0. The summed E-state index contributed by atoms with van der Waals surface area (Å²) in [5, 5.41) is 2.39. The molecule has 0 unspecified atom stereocenters. The molecule has 1 heterocycles. The van der Waals surface area contributed by atoms with Gasteiger partial charge in [0.15, 0.2) is 18.1 Å². The zero-order valence-corrected chi connectivity index (χ0v) is 10.4. The topological polar surface area (TPSA) is 73.9 Å². The fourth-order valence-electron chi connectivity index (χ4n) is 1.71. The summed E-state index contributed by atoms with van der Waals surface area (Å²) in [5.74, 6) is -1.58. The molecule has 0 aromatic heterocycles. The minimum absolute atomic E-state index is 0.0107. The van der Waals surface area contributed by atoms with Crippen LogP contribution < -0.4 is 14.8 Å². The fourth-order valence-corrected chi connectivity index (χ4v) is 1.71. The molecule has 0 atom stereocenters. The molecule has 0 spiro atoms. The monoisotopic (exact) mass is 287 g/mol. The molecule has 2 rings (SSSR count). The Kier molecular flexibility index (Phi) is 4.02. The second kappa shape index (κ2) is 5.72. The van der Waals surface area contributed by atoms with Crippen LogP contribution >= 0.6 is 0 Å². The maximum Gasteiger partial charge on any atom is 0.387 e. The van der Waals surface area contributed by atoms with Gasteiger partial charge in [0.1, 0.15) is 5.69 Å². The van der Waals surface area contributed by atoms with E-state index < -0.39 is 18.5 Å². The third-order valence-electron chi connectivity index (χ3n) is 2.44. The lowest BCUT2D eigenvalue weighted by molar-refractivity contribution is -0.118. The summed E-state index contributed by atoms with van der Waals surface area (Å²) in [7, 11) is 0. The molecule has 0 aliphatic carbocycles. The van der Waals surface area contributed by atoms with Gasteiger partial charge in [-0.1, -0.05) is 0 Å². The number of halogens is 2. The molecule has 0 bridgehead atoms. The number of amides is 1. The number of rotatable bonds is 4. The van der Waals surface area contributed by atoms with Crippen LogP contribution in [-0.4, -0.2) is 31.7 Å². The highest BCUT2D eigenvalue weighted by Crippen LogP contribution is 2.41. The summed E-state index contributed by atoms with van der Waals surface area (Å²) < 4.78 is 38.7. The third kappa shape index (κ3) is 2.79. The van der Waals surface area contributed by atoms with Crippen molar-refractivity contribution >= 4 is 17.6 Å². The number of ether oxygens (including phenoxy) is 3. The summed E-state index contributed by atoms with van der Waals surface area (Å²) in [5.41, 5.74) is -0.0191. The van der Waals surface area contributed by atoms with Gasteiger partial charge in [0.05, 0.1) is 12.2 Å². The first-order valence-electron chi connectivity index (χ1n) is 5.74. The Morgan fingerprint density at radius 1 is 1.50 bits per heavy atom. The number of benzene rings is 1. The van der Waals surface area contributed by atoms with Gasteiger partial charge in [-0.15, -0.1) is 0 Å². The normalized spacial score (nSPS) is 13.3. The number of esters is 1. The number of nitrogens with one attached hydrogen (secondary N) is 1. The molecule has 1 amide bonds. The van der Waals surface area contributed by atoms with Crippen molar-refractivity contribution in [3.8, 4) is 11.5 Å². The molecule has 6 nitrogen and oxygen atoms in total. The van der Waals surface area contributed by atoms with Crippen LogP contribution in [0.2, 0.25) is 0 Å². The molecule has 1 aliphatic heterocycles. The average Bonchev–Trinajstić information content (AvgIpc) is 2.38. The van der Waals surface area contributed by atoms with Crippen LogP contribution in [0.3, 0.4) is 0 Å². The molecule has 1 aliphatic rings. The van der Waals surface area contributed by atoms with Crippen LogP contribution in [-0.2, 0) is 9.53 Å². The maximum atomic E-state index is 12.3. The molecular weight excluding hydrogens is 276 g/mol. The standard InChI is InChI=1S/C12H11F2NO5/c1-2-18-11(17)6-3-4-7(20-12(13)14)10-9(6)15-8(16)5-19-10/h3-4,12H,2,5H2,1H3,(H,15,16). The van der Waals surface area contributed by atoms with E-state index in [-0.39, 0.29) is 36.0 Å². The van der Waals surface area contributed by atoms with Gasteiger partial charge in [-0.3, -0.25) is 4.79 Å². The van der Waals surface area contributed by atoms with Gasteiger partial charge >= 0.3 is 12.6 Å². The molecule has 1 aromatic carbocycles. The van der Waals surface area contributed by atoms with Gasteiger partial charge in [0.25, 0.3) is 5.91 Å². The summed E-state index contributed by atoms with van der Waals surface area (Å²) >= 11 is 0. The van der Waals surface area contributed by atoms with Gasteiger partial charge in [0.2, 0.25) is 0 Å². The first-order chi connectivity index (χ1) is 9.52. The molecule has 1 N–H and O–H groups in total. The van der Waals surface area contributed by atoms with E-state index in [1.165, 1.54) is 6.07 Å². The number of hydrogen-bond acceptors (Lipinski definition) is 5. The van der Waals surface area contributed by atoms with Crippen molar-refractivity contribution in [2.75, 3.05) is 18.5 Å². The van der Waals surface area contributed by atoms with E-state index in [1.807, 2.05) is 0 Å².